The maximum Gasteiger partial charge on any atom is 0.142 e. The van der Waals surface area contributed by atoms with E-state index in [1.165, 1.54) is 5.69 Å². The molecule has 0 amide bonds. The number of anilines is 1. The van der Waals surface area contributed by atoms with Crippen LogP contribution in [0.1, 0.15) is 11.1 Å². The highest BCUT2D eigenvalue weighted by Crippen LogP contribution is 2.16. The summed E-state index contributed by atoms with van der Waals surface area (Å²) < 4.78 is 0. The Bertz CT molecular complexity index is 617. The molecule has 0 bridgehead atoms. The van der Waals surface area contributed by atoms with Crippen LogP contribution in [0.2, 0.25) is 0 Å². The molecule has 2 aromatic carbocycles. The molecule has 23 heavy (non-hydrogen) atoms. The van der Waals surface area contributed by atoms with Crippen molar-refractivity contribution < 1.29 is 4.84 Å². The molecule has 1 aliphatic rings. The average Bonchev–Trinajstić information content (AvgIpc) is 2.61. The third kappa shape index (κ3) is 4.57. The molecule has 0 unspecified atom stereocenters. The van der Waals surface area contributed by atoms with Crippen molar-refractivity contribution in [1.29, 1.82) is 0 Å². The van der Waals surface area contributed by atoms with Crippen LogP contribution in [0.5, 0.6) is 0 Å². The Morgan fingerprint density at radius 3 is 2.35 bits per heavy atom. The Balaban J connectivity index is 1.50. The van der Waals surface area contributed by atoms with Gasteiger partial charge in [-0.2, -0.15) is 0 Å². The summed E-state index contributed by atoms with van der Waals surface area (Å²) in [5.41, 5.74) is 3.45. The van der Waals surface area contributed by atoms with Gasteiger partial charge in [-0.1, -0.05) is 47.6 Å². The highest BCUT2D eigenvalue weighted by Gasteiger charge is 2.13. The summed E-state index contributed by atoms with van der Waals surface area (Å²) >= 11 is 0. The van der Waals surface area contributed by atoms with Gasteiger partial charge in [-0.25, -0.2) is 0 Å². The van der Waals surface area contributed by atoms with Gasteiger partial charge in [-0.05, 0) is 30.3 Å². The molecule has 4 heteroatoms. The minimum Gasteiger partial charge on any atom is -0.391 e. The predicted molar refractivity (Wildman–Crippen MR) is 95.0 cm³/mol. The minimum absolute atomic E-state index is 0.497. The molecule has 0 N–H and O–H groups in total. The Morgan fingerprint density at radius 2 is 1.65 bits per heavy atom. The van der Waals surface area contributed by atoms with Crippen molar-refractivity contribution in [1.82, 2.24) is 4.90 Å². The lowest BCUT2D eigenvalue weighted by Crippen LogP contribution is -2.44. The first-order chi connectivity index (χ1) is 11.3. The molecule has 1 fully saturated rings. The first-order valence-corrected chi connectivity index (χ1v) is 8.04. The molecule has 1 heterocycles. The van der Waals surface area contributed by atoms with E-state index in [9.17, 15) is 0 Å². The van der Waals surface area contributed by atoms with Crippen molar-refractivity contribution in [2.75, 3.05) is 38.1 Å². The number of oxime groups is 1. The van der Waals surface area contributed by atoms with Crippen LogP contribution in [-0.4, -0.2) is 44.3 Å². The van der Waals surface area contributed by atoms with Crippen molar-refractivity contribution in [2.45, 2.75) is 6.61 Å². The predicted octanol–water partition coefficient (Wildman–Crippen LogP) is 2.99. The number of hydrogen-bond acceptors (Lipinski definition) is 4. The average molecular weight is 309 g/mol. The van der Waals surface area contributed by atoms with Crippen LogP contribution in [0.25, 0.3) is 0 Å². The van der Waals surface area contributed by atoms with Crippen LogP contribution in [0, 0.1) is 0 Å². The molecule has 0 saturated carbocycles. The maximum atomic E-state index is 5.34. The van der Waals surface area contributed by atoms with Gasteiger partial charge in [0, 0.05) is 31.9 Å². The van der Waals surface area contributed by atoms with E-state index in [0.29, 0.717) is 6.61 Å². The molecular formula is C19H23N3O. The lowest BCUT2D eigenvalue weighted by Gasteiger charge is -2.34. The SMILES string of the molecule is CN1CCN(c2ccc(C=NOCc3ccccc3)cc2)CC1. The summed E-state index contributed by atoms with van der Waals surface area (Å²) in [5, 5.41) is 4.04. The first-order valence-electron chi connectivity index (χ1n) is 8.04. The second kappa shape index (κ2) is 7.79. The standard InChI is InChI=1S/C19H23N3O/c1-21-11-13-22(14-12-21)19-9-7-17(8-10-19)15-20-23-16-18-5-3-2-4-6-18/h2-10,15H,11-14,16H2,1H3. The Hall–Kier alpha value is -2.33. The topological polar surface area (TPSA) is 28.1 Å². The molecule has 0 atom stereocenters. The van der Waals surface area contributed by atoms with Crippen molar-refractivity contribution in [3.63, 3.8) is 0 Å². The van der Waals surface area contributed by atoms with Crippen LogP contribution in [0.4, 0.5) is 5.69 Å². The van der Waals surface area contributed by atoms with E-state index in [-0.39, 0.29) is 0 Å². The molecule has 0 spiro atoms. The van der Waals surface area contributed by atoms with Gasteiger partial charge in [0.25, 0.3) is 0 Å². The molecule has 1 aliphatic heterocycles. The summed E-state index contributed by atoms with van der Waals surface area (Å²) in [6, 6.07) is 18.5. The van der Waals surface area contributed by atoms with Crippen LogP contribution in [-0.2, 0) is 11.4 Å². The highest BCUT2D eigenvalue weighted by molar-refractivity contribution is 5.79. The Morgan fingerprint density at radius 1 is 0.957 bits per heavy atom. The second-order valence-electron chi connectivity index (χ2n) is 5.88. The van der Waals surface area contributed by atoms with Gasteiger partial charge in [0.05, 0.1) is 6.21 Å². The van der Waals surface area contributed by atoms with Gasteiger partial charge in [0.15, 0.2) is 0 Å². The van der Waals surface area contributed by atoms with Gasteiger partial charge < -0.3 is 14.6 Å². The number of benzene rings is 2. The van der Waals surface area contributed by atoms with Crippen molar-refractivity contribution >= 4 is 11.9 Å². The molecule has 120 valence electrons. The Kier molecular flexibility index (Phi) is 5.27. The molecule has 4 nitrogen and oxygen atoms in total. The zero-order valence-electron chi connectivity index (χ0n) is 13.6. The quantitative estimate of drug-likeness (QED) is 0.628. The van der Waals surface area contributed by atoms with E-state index >= 15 is 0 Å². The molecular weight excluding hydrogens is 286 g/mol. The number of rotatable bonds is 5. The zero-order valence-corrected chi connectivity index (χ0v) is 13.6. The summed E-state index contributed by atoms with van der Waals surface area (Å²) in [6.07, 6.45) is 1.76. The summed E-state index contributed by atoms with van der Waals surface area (Å²) in [4.78, 5) is 10.1. The van der Waals surface area contributed by atoms with Crippen LogP contribution in [0.3, 0.4) is 0 Å². The van der Waals surface area contributed by atoms with E-state index in [1.807, 2.05) is 30.3 Å². The van der Waals surface area contributed by atoms with E-state index in [4.69, 9.17) is 4.84 Å². The van der Waals surface area contributed by atoms with Gasteiger partial charge >= 0.3 is 0 Å². The number of likely N-dealkylation sites (N-methyl/N-ethyl adjacent to an activating group) is 1. The fraction of sp³-hybridized carbons (Fsp3) is 0.316. The second-order valence-corrected chi connectivity index (χ2v) is 5.88. The molecule has 3 rings (SSSR count). The van der Waals surface area contributed by atoms with Crippen molar-refractivity contribution in [3.05, 3.63) is 65.7 Å². The van der Waals surface area contributed by atoms with Crippen molar-refractivity contribution in [2.24, 2.45) is 5.16 Å². The first kappa shape index (κ1) is 15.6. The van der Waals surface area contributed by atoms with E-state index < -0.39 is 0 Å². The van der Waals surface area contributed by atoms with Crippen LogP contribution < -0.4 is 4.90 Å². The fourth-order valence-corrected chi connectivity index (χ4v) is 2.62. The molecule has 2 aromatic rings. The number of nitrogens with zero attached hydrogens (tertiary/aromatic N) is 3. The molecule has 0 aromatic heterocycles. The lowest BCUT2D eigenvalue weighted by atomic mass is 10.2. The van der Waals surface area contributed by atoms with Crippen LogP contribution >= 0.6 is 0 Å². The summed E-state index contributed by atoms with van der Waals surface area (Å²) in [5.74, 6) is 0. The smallest absolute Gasteiger partial charge is 0.142 e. The third-order valence-electron chi connectivity index (χ3n) is 4.11. The summed E-state index contributed by atoms with van der Waals surface area (Å²) in [7, 11) is 2.17. The van der Waals surface area contributed by atoms with Gasteiger partial charge in [-0.3, -0.25) is 0 Å². The number of hydrogen-bond donors (Lipinski definition) is 0. The van der Waals surface area contributed by atoms with Crippen LogP contribution in [0.15, 0.2) is 59.8 Å². The normalized spacial score (nSPS) is 16.0. The molecule has 0 radical (unpaired) electrons. The maximum absolute atomic E-state index is 5.34. The van der Waals surface area contributed by atoms with Crippen molar-refractivity contribution in [3.8, 4) is 0 Å². The van der Waals surface area contributed by atoms with Gasteiger partial charge in [0.2, 0.25) is 0 Å². The Labute approximate surface area is 138 Å². The zero-order chi connectivity index (χ0) is 15.9. The monoisotopic (exact) mass is 309 g/mol. The van der Waals surface area contributed by atoms with E-state index in [1.54, 1.807) is 6.21 Å². The van der Waals surface area contributed by atoms with Gasteiger partial charge in [0.1, 0.15) is 6.61 Å². The minimum atomic E-state index is 0.497. The lowest BCUT2D eigenvalue weighted by molar-refractivity contribution is 0.132. The van der Waals surface area contributed by atoms with E-state index in [0.717, 1.165) is 37.3 Å². The largest absolute Gasteiger partial charge is 0.391 e. The third-order valence-corrected chi connectivity index (χ3v) is 4.11. The fourth-order valence-electron chi connectivity index (χ4n) is 2.62. The van der Waals surface area contributed by atoms with Gasteiger partial charge in [-0.15, -0.1) is 0 Å². The summed E-state index contributed by atoms with van der Waals surface area (Å²) in [6.45, 7) is 4.91. The molecule has 0 aliphatic carbocycles. The number of piperazine rings is 1. The molecule has 1 saturated heterocycles. The van der Waals surface area contributed by atoms with E-state index in [2.05, 4.69) is 46.3 Å². The highest BCUT2D eigenvalue weighted by atomic mass is 16.6.